The zero-order valence-electron chi connectivity index (χ0n) is 26.5. The lowest BCUT2D eigenvalue weighted by Crippen LogP contribution is -2.50. The van der Waals surface area contributed by atoms with Gasteiger partial charge in [0.1, 0.15) is 6.04 Å². The average Bonchev–Trinajstić information content (AvgIpc) is 3.00. The highest BCUT2D eigenvalue weighted by atomic mass is 16.4. The zero-order chi connectivity index (χ0) is 31.1. The Kier molecular flexibility index (Phi) is 14.5. The van der Waals surface area contributed by atoms with E-state index in [4.69, 9.17) is 0 Å². The van der Waals surface area contributed by atoms with Crippen LogP contribution in [-0.4, -0.2) is 34.5 Å². The van der Waals surface area contributed by atoms with Crippen LogP contribution in [0.3, 0.4) is 0 Å². The molecule has 3 aromatic carbocycles. The second-order valence-electron chi connectivity index (χ2n) is 11.4. The molecule has 1 N–H and O–H groups in total. The van der Waals surface area contributed by atoms with Gasteiger partial charge in [0, 0.05) is 6.54 Å². The molecule has 4 nitrogen and oxygen atoms in total. The molecule has 42 heavy (non-hydrogen) atoms. The normalized spacial score (nSPS) is 15.0. The lowest BCUT2D eigenvalue weighted by atomic mass is 9.87. The minimum Gasteiger partial charge on any atom is -0.480 e. The highest BCUT2D eigenvalue weighted by Crippen LogP contribution is 2.31. The molecule has 4 rings (SSSR count). The van der Waals surface area contributed by atoms with Gasteiger partial charge in [0.05, 0.1) is 5.92 Å². The highest BCUT2D eigenvalue weighted by molar-refractivity contribution is 5.91. The lowest BCUT2D eigenvalue weighted by Gasteiger charge is -2.37. The molecule has 3 aromatic rings. The van der Waals surface area contributed by atoms with Crippen molar-refractivity contribution in [1.29, 1.82) is 0 Å². The molecule has 0 radical (unpaired) electrons. The van der Waals surface area contributed by atoms with Crippen LogP contribution in [0.25, 0.3) is 0 Å². The van der Waals surface area contributed by atoms with E-state index in [1.807, 2.05) is 81.4 Å². The van der Waals surface area contributed by atoms with Gasteiger partial charge in [-0.1, -0.05) is 134 Å². The van der Waals surface area contributed by atoms with E-state index in [2.05, 4.69) is 64.1 Å². The first-order chi connectivity index (χ1) is 20.1. The molecule has 224 valence electrons. The maximum atomic E-state index is 13.5. The molecule has 0 spiro atoms. The zero-order valence-corrected chi connectivity index (χ0v) is 26.5. The predicted molar refractivity (Wildman–Crippen MR) is 176 cm³/mol. The predicted octanol–water partition coefficient (Wildman–Crippen LogP) is 9.09. The molecule has 0 saturated heterocycles. The number of carboxylic acid groups (broad SMARTS) is 1. The second kappa shape index (κ2) is 17.8. The molecule has 1 aliphatic heterocycles. The number of hydrogen-bond acceptors (Lipinski definition) is 2. The van der Waals surface area contributed by atoms with Gasteiger partial charge in [-0.2, -0.15) is 0 Å². The van der Waals surface area contributed by atoms with E-state index in [1.165, 1.54) is 28.9 Å². The van der Waals surface area contributed by atoms with Gasteiger partial charge in [-0.05, 0) is 70.1 Å². The summed E-state index contributed by atoms with van der Waals surface area (Å²) >= 11 is 0. The maximum absolute atomic E-state index is 13.5. The van der Waals surface area contributed by atoms with Crippen molar-refractivity contribution in [2.24, 2.45) is 5.92 Å². The van der Waals surface area contributed by atoms with Gasteiger partial charge in [0.2, 0.25) is 5.91 Å². The SMILES string of the molecule is CC1=C(C)CN(C(=O)C(c2ccccc2)c2ccccc2)C(C(=O)O)C1.CC=C(C)C.CCC(C)Cc1ccccc1. The van der Waals surface area contributed by atoms with Crippen LogP contribution in [0.4, 0.5) is 0 Å². The van der Waals surface area contributed by atoms with Crippen LogP contribution in [0.5, 0.6) is 0 Å². The van der Waals surface area contributed by atoms with Crippen molar-refractivity contribution >= 4 is 11.9 Å². The lowest BCUT2D eigenvalue weighted by molar-refractivity contribution is -0.150. The summed E-state index contributed by atoms with van der Waals surface area (Å²) in [7, 11) is 0. The third kappa shape index (κ3) is 10.8. The minimum atomic E-state index is -0.954. The molecule has 1 amide bonds. The Morgan fingerprint density at radius 1 is 0.857 bits per heavy atom. The Morgan fingerprint density at radius 3 is 1.71 bits per heavy atom. The number of carbonyl (C=O) groups excluding carboxylic acids is 1. The minimum absolute atomic E-state index is 0.165. The van der Waals surface area contributed by atoms with Gasteiger partial charge >= 0.3 is 5.97 Å². The monoisotopic (exact) mass is 567 g/mol. The maximum Gasteiger partial charge on any atom is 0.326 e. The summed E-state index contributed by atoms with van der Waals surface area (Å²) in [4.78, 5) is 26.8. The molecule has 2 atom stereocenters. The van der Waals surface area contributed by atoms with Gasteiger partial charge in [-0.15, -0.1) is 0 Å². The largest absolute Gasteiger partial charge is 0.480 e. The van der Waals surface area contributed by atoms with Crippen molar-refractivity contribution in [3.63, 3.8) is 0 Å². The van der Waals surface area contributed by atoms with Gasteiger partial charge in [-0.3, -0.25) is 4.79 Å². The topological polar surface area (TPSA) is 57.6 Å². The van der Waals surface area contributed by atoms with Gasteiger partial charge in [-0.25, -0.2) is 4.79 Å². The van der Waals surface area contributed by atoms with E-state index in [-0.39, 0.29) is 5.91 Å². The summed E-state index contributed by atoms with van der Waals surface area (Å²) in [5, 5.41) is 9.67. The van der Waals surface area contributed by atoms with Gasteiger partial charge in [0.25, 0.3) is 0 Å². The Morgan fingerprint density at radius 2 is 1.31 bits per heavy atom. The third-order valence-electron chi connectivity index (χ3n) is 7.79. The molecular formula is C38H49NO3. The number of aliphatic carboxylic acids is 1. The number of benzene rings is 3. The van der Waals surface area contributed by atoms with E-state index < -0.39 is 17.9 Å². The van der Waals surface area contributed by atoms with E-state index in [9.17, 15) is 14.7 Å². The summed E-state index contributed by atoms with van der Waals surface area (Å²) in [6.45, 7) is 15.0. The first-order valence-electron chi connectivity index (χ1n) is 15.0. The van der Waals surface area contributed by atoms with Crippen LogP contribution in [-0.2, 0) is 16.0 Å². The smallest absolute Gasteiger partial charge is 0.326 e. The number of carboxylic acids is 1. The first-order valence-corrected chi connectivity index (χ1v) is 15.0. The van der Waals surface area contributed by atoms with Crippen LogP contribution in [0.15, 0.2) is 114 Å². The summed E-state index contributed by atoms with van der Waals surface area (Å²) in [5.74, 6) is -0.811. The van der Waals surface area contributed by atoms with Gasteiger partial charge < -0.3 is 10.0 Å². The van der Waals surface area contributed by atoms with Crippen molar-refractivity contribution in [2.45, 2.75) is 79.7 Å². The third-order valence-corrected chi connectivity index (χ3v) is 7.79. The molecule has 0 fully saturated rings. The Labute approximate surface area is 253 Å². The van der Waals surface area contributed by atoms with Crippen LogP contribution in [0.2, 0.25) is 0 Å². The summed E-state index contributed by atoms with van der Waals surface area (Å²) < 4.78 is 0. The molecule has 1 heterocycles. The standard InChI is InChI=1S/C22H23NO3.C11H16.C5H10/c1-15-13-19(22(25)26)23(14-16(15)2)21(24)20(17-9-5-3-6-10-17)18-11-7-4-8-12-18;1-3-10(2)9-11-7-5-4-6-8-11;1-4-5(2)3/h3-12,19-20H,13-14H2,1-2H3,(H,25,26);4-8,10H,3,9H2,1-2H3;4H,1-3H3. The van der Waals surface area contributed by atoms with E-state index in [0.717, 1.165) is 28.2 Å². The molecule has 0 bridgehead atoms. The van der Waals surface area contributed by atoms with E-state index in [1.54, 1.807) is 0 Å². The Balaban J connectivity index is 0.000000317. The number of allylic oxidation sites excluding steroid dienone is 2. The van der Waals surface area contributed by atoms with Crippen LogP contribution in [0.1, 0.15) is 83.9 Å². The summed E-state index contributed by atoms with van der Waals surface area (Å²) in [6, 6.07) is 29.0. The Bertz CT molecular complexity index is 1250. The first kappa shape index (κ1) is 34.3. The van der Waals surface area contributed by atoms with Crippen molar-refractivity contribution in [3.05, 3.63) is 130 Å². The summed E-state index contributed by atoms with van der Waals surface area (Å²) in [5.41, 5.74) is 6.70. The number of nitrogens with zero attached hydrogens (tertiary/aromatic N) is 1. The number of carbonyl (C=O) groups is 2. The molecule has 4 heteroatoms. The fourth-order valence-electron chi connectivity index (χ4n) is 4.62. The van der Waals surface area contributed by atoms with Gasteiger partial charge in [0.15, 0.2) is 0 Å². The van der Waals surface area contributed by atoms with Crippen molar-refractivity contribution in [1.82, 2.24) is 4.90 Å². The van der Waals surface area contributed by atoms with Crippen molar-refractivity contribution in [3.8, 4) is 0 Å². The number of hydrogen-bond donors (Lipinski definition) is 1. The number of amides is 1. The van der Waals surface area contributed by atoms with Crippen molar-refractivity contribution < 1.29 is 14.7 Å². The molecular weight excluding hydrogens is 518 g/mol. The fourth-order valence-corrected chi connectivity index (χ4v) is 4.62. The van der Waals surface area contributed by atoms with E-state index in [0.29, 0.717) is 13.0 Å². The molecule has 0 aromatic heterocycles. The Hall–Kier alpha value is -3.92. The summed E-state index contributed by atoms with van der Waals surface area (Å²) in [6.07, 6.45) is 4.95. The quantitative estimate of drug-likeness (QED) is 0.290. The second-order valence-corrected chi connectivity index (χ2v) is 11.4. The van der Waals surface area contributed by atoms with E-state index >= 15 is 0 Å². The number of rotatable bonds is 7. The van der Waals surface area contributed by atoms with Crippen LogP contribution >= 0.6 is 0 Å². The van der Waals surface area contributed by atoms with Crippen LogP contribution in [0, 0.1) is 5.92 Å². The molecule has 0 saturated carbocycles. The fraction of sp³-hybridized carbons (Fsp3) is 0.368. The molecule has 1 aliphatic rings. The molecule has 0 aliphatic carbocycles. The molecule has 2 unspecified atom stereocenters. The average molecular weight is 568 g/mol. The van der Waals surface area contributed by atoms with Crippen molar-refractivity contribution in [2.75, 3.05) is 6.54 Å². The van der Waals surface area contributed by atoms with Crippen LogP contribution < -0.4 is 0 Å². The highest BCUT2D eigenvalue weighted by Gasteiger charge is 2.37.